The maximum Gasteiger partial charge on any atom is 0.224 e. The highest BCUT2D eigenvalue weighted by Crippen LogP contribution is 2.21. The first kappa shape index (κ1) is 16.0. The highest BCUT2D eigenvalue weighted by atomic mass is 35.5. The fraction of sp³-hybridized carbons (Fsp3) is 0.714. The molecule has 1 unspecified atom stereocenters. The number of nitrogens with one attached hydrogen (secondary N) is 2. The van der Waals surface area contributed by atoms with E-state index in [-0.39, 0.29) is 0 Å². The minimum Gasteiger partial charge on any atom is -0.366 e. The molecule has 0 radical (unpaired) electrons. The van der Waals surface area contributed by atoms with Crippen LogP contribution in [-0.4, -0.2) is 22.6 Å². The lowest BCUT2D eigenvalue weighted by molar-refractivity contribution is 0.520. The van der Waals surface area contributed by atoms with Gasteiger partial charge >= 0.3 is 0 Å². The van der Waals surface area contributed by atoms with Gasteiger partial charge in [0.05, 0.1) is 6.20 Å². The Morgan fingerprint density at radius 2 is 2.00 bits per heavy atom. The Balaban J connectivity index is 2.52. The zero-order chi connectivity index (χ0) is 14.3. The van der Waals surface area contributed by atoms with Gasteiger partial charge in [0.1, 0.15) is 5.02 Å². The summed E-state index contributed by atoms with van der Waals surface area (Å²) in [6.45, 7) is 9.47. The van der Waals surface area contributed by atoms with Crippen molar-refractivity contribution in [1.29, 1.82) is 0 Å². The molecule has 0 fully saturated rings. The number of anilines is 2. The first-order valence-corrected chi connectivity index (χ1v) is 7.43. The van der Waals surface area contributed by atoms with E-state index in [1.165, 1.54) is 12.8 Å². The standard InChI is InChI=1S/C14H25ClN4/c1-5-16-14-17-9-12(15)13(19-14)18-11(4)8-6-7-10(2)3/h9-11H,5-8H2,1-4H3,(H2,16,17,18,19). The SMILES string of the molecule is CCNc1ncc(Cl)c(NC(C)CCCC(C)C)n1. The van der Waals surface area contributed by atoms with Crippen LogP contribution >= 0.6 is 11.6 Å². The highest BCUT2D eigenvalue weighted by Gasteiger charge is 2.09. The summed E-state index contributed by atoms with van der Waals surface area (Å²) in [5, 5.41) is 7.01. The Kier molecular flexibility index (Phi) is 6.92. The van der Waals surface area contributed by atoms with Gasteiger partial charge in [-0.15, -0.1) is 0 Å². The number of hydrogen-bond acceptors (Lipinski definition) is 4. The van der Waals surface area contributed by atoms with Crippen molar-refractivity contribution in [2.24, 2.45) is 5.92 Å². The van der Waals surface area contributed by atoms with E-state index in [1.807, 2.05) is 6.92 Å². The Labute approximate surface area is 121 Å². The lowest BCUT2D eigenvalue weighted by Crippen LogP contribution is -2.17. The smallest absolute Gasteiger partial charge is 0.224 e. The van der Waals surface area contributed by atoms with Crippen molar-refractivity contribution in [3.8, 4) is 0 Å². The van der Waals surface area contributed by atoms with Crippen LogP contribution in [-0.2, 0) is 0 Å². The van der Waals surface area contributed by atoms with Crippen LogP contribution in [0.2, 0.25) is 5.02 Å². The van der Waals surface area contributed by atoms with E-state index >= 15 is 0 Å². The number of aromatic nitrogens is 2. The van der Waals surface area contributed by atoms with Crippen LogP contribution in [0.4, 0.5) is 11.8 Å². The summed E-state index contributed by atoms with van der Waals surface area (Å²) >= 11 is 6.11. The quantitative estimate of drug-likeness (QED) is 0.751. The number of halogens is 1. The van der Waals surface area contributed by atoms with E-state index in [2.05, 4.69) is 41.4 Å². The third-order valence-electron chi connectivity index (χ3n) is 2.88. The number of hydrogen-bond donors (Lipinski definition) is 2. The lowest BCUT2D eigenvalue weighted by Gasteiger charge is -2.16. The van der Waals surface area contributed by atoms with E-state index in [1.54, 1.807) is 6.20 Å². The molecule has 1 heterocycles. The van der Waals surface area contributed by atoms with Crippen LogP contribution in [0.5, 0.6) is 0 Å². The molecule has 1 rings (SSSR count). The molecule has 1 aromatic heterocycles. The molecule has 0 aliphatic carbocycles. The molecule has 19 heavy (non-hydrogen) atoms. The molecule has 1 aromatic rings. The molecule has 0 amide bonds. The second-order valence-electron chi connectivity index (χ2n) is 5.29. The zero-order valence-electron chi connectivity index (χ0n) is 12.3. The maximum atomic E-state index is 6.11. The summed E-state index contributed by atoms with van der Waals surface area (Å²) in [5.41, 5.74) is 0. The molecule has 2 N–H and O–H groups in total. The fourth-order valence-corrected chi connectivity index (χ4v) is 2.00. The summed E-state index contributed by atoms with van der Waals surface area (Å²) in [6, 6.07) is 0.362. The molecule has 0 saturated carbocycles. The maximum absolute atomic E-state index is 6.11. The topological polar surface area (TPSA) is 49.8 Å². The monoisotopic (exact) mass is 284 g/mol. The van der Waals surface area contributed by atoms with Crippen molar-refractivity contribution in [3.63, 3.8) is 0 Å². The van der Waals surface area contributed by atoms with E-state index < -0.39 is 0 Å². The molecule has 5 heteroatoms. The van der Waals surface area contributed by atoms with Gasteiger partial charge in [0.15, 0.2) is 5.82 Å². The van der Waals surface area contributed by atoms with Gasteiger partial charge in [0.2, 0.25) is 5.95 Å². The van der Waals surface area contributed by atoms with Gasteiger partial charge in [-0.1, -0.05) is 38.3 Å². The Morgan fingerprint density at radius 3 is 2.63 bits per heavy atom. The van der Waals surface area contributed by atoms with Crippen LogP contribution in [0.15, 0.2) is 6.20 Å². The van der Waals surface area contributed by atoms with Gasteiger partial charge in [-0.2, -0.15) is 4.98 Å². The predicted molar refractivity (Wildman–Crippen MR) is 83.0 cm³/mol. The zero-order valence-corrected chi connectivity index (χ0v) is 13.1. The van der Waals surface area contributed by atoms with Crippen molar-refractivity contribution >= 4 is 23.4 Å². The molecule has 0 aliphatic heterocycles. The number of nitrogens with zero attached hydrogens (tertiary/aromatic N) is 2. The van der Waals surface area contributed by atoms with Crippen LogP contribution < -0.4 is 10.6 Å². The van der Waals surface area contributed by atoms with Crippen molar-refractivity contribution in [1.82, 2.24) is 9.97 Å². The third kappa shape index (κ3) is 6.10. The van der Waals surface area contributed by atoms with Crippen LogP contribution in [0.1, 0.15) is 47.0 Å². The van der Waals surface area contributed by atoms with Gasteiger partial charge in [0, 0.05) is 12.6 Å². The second-order valence-corrected chi connectivity index (χ2v) is 5.70. The lowest BCUT2D eigenvalue weighted by atomic mass is 10.0. The third-order valence-corrected chi connectivity index (χ3v) is 3.16. The van der Waals surface area contributed by atoms with Gasteiger partial charge < -0.3 is 10.6 Å². The molecule has 0 spiro atoms. The van der Waals surface area contributed by atoms with Gasteiger partial charge in [-0.25, -0.2) is 4.98 Å². The molecule has 108 valence electrons. The van der Waals surface area contributed by atoms with Crippen molar-refractivity contribution in [3.05, 3.63) is 11.2 Å². The van der Waals surface area contributed by atoms with E-state index in [9.17, 15) is 0 Å². The first-order chi connectivity index (χ1) is 9.02. The fourth-order valence-electron chi connectivity index (χ4n) is 1.85. The Morgan fingerprint density at radius 1 is 1.26 bits per heavy atom. The predicted octanol–water partition coefficient (Wildman–Crippen LogP) is 4.19. The largest absolute Gasteiger partial charge is 0.366 e. The average Bonchev–Trinajstić information content (AvgIpc) is 2.33. The van der Waals surface area contributed by atoms with Crippen LogP contribution in [0.25, 0.3) is 0 Å². The summed E-state index contributed by atoms with van der Waals surface area (Å²) in [4.78, 5) is 8.51. The molecule has 0 aromatic carbocycles. The van der Waals surface area contributed by atoms with E-state index in [0.29, 0.717) is 22.8 Å². The second kappa shape index (κ2) is 8.20. The molecule has 1 atom stereocenters. The van der Waals surface area contributed by atoms with Crippen molar-refractivity contribution in [2.75, 3.05) is 17.2 Å². The summed E-state index contributed by atoms with van der Waals surface area (Å²) in [6.07, 6.45) is 5.23. The molecular formula is C14H25ClN4. The molecule has 0 aliphatic rings. The van der Waals surface area contributed by atoms with Crippen LogP contribution in [0.3, 0.4) is 0 Å². The molecule has 0 bridgehead atoms. The molecule has 4 nitrogen and oxygen atoms in total. The average molecular weight is 285 g/mol. The normalized spacial score (nSPS) is 12.5. The Bertz CT molecular complexity index is 382. The summed E-state index contributed by atoms with van der Waals surface area (Å²) in [5.74, 6) is 2.09. The van der Waals surface area contributed by atoms with Gasteiger partial charge in [-0.05, 0) is 26.2 Å². The first-order valence-electron chi connectivity index (χ1n) is 7.05. The number of rotatable bonds is 8. The van der Waals surface area contributed by atoms with Gasteiger partial charge in [0.25, 0.3) is 0 Å². The van der Waals surface area contributed by atoms with E-state index in [4.69, 9.17) is 11.6 Å². The summed E-state index contributed by atoms with van der Waals surface area (Å²) < 4.78 is 0. The Hall–Kier alpha value is -1.03. The van der Waals surface area contributed by atoms with E-state index in [0.717, 1.165) is 18.9 Å². The minimum atomic E-state index is 0.362. The highest BCUT2D eigenvalue weighted by molar-refractivity contribution is 6.32. The van der Waals surface area contributed by atoms with Crippen molar-refractivity contribution < 1.29 is 0 Å². The summed E-state index contributed by atoms with van der Waals surface area (Å²) in [7, 11) is 0. The molecular weight excluding hydrogens is 260 g/mol. The van der Waals surface area contributed by atoms with Crippen LogP contribution in [0, 0.1) is 5.92 Å². The minimum absolute atomic E-state index is 0.362. The molecule has 0 saturated heterocycles. The van der Waals surface area contributed by atoms with Crippen molar-refractivity contribution in [2.45, 2.75) is 53.0 Å². The van der Waals surface area contributed by atoms with Gasteiger partial charge in [-0.3, -0.25) is 0 Å².